The fraction of sp³-hybridized carbons (Fsp3) is 0.310. The molecule has 0 bridgehead atoms. The quantitative estimate of drug-likeness (QED) is 0.315. The van der Waals surface area contributed by atoms with Gasteiger partial charge in [-0.05, 0) is 86.8 Å². The van der Waals surface area contributed by atoms with E-state index < -0.39 is 0 Å². The number of hydrogen-bond donors (Lipinski definition) is 2. The van der Waals surface area contributed by atoms with E-state index in [9.17, 15) is 9.59 Å². The Labute approximate surface area is 212 Å². The van der Waals surface area contributed by atoms with E-state index in [0.717, 1.165) is 36.4 Å². The van der Waals surface area contributed by atoms with Gasteiger partial charge in [0.1, 0.15) is 17.2 Å². The van der Waals surface area contributed by atoms with Crippen LogP contribution in [0, 0.1) is 5.92 Å². The highest BCUT2D eigenvalue weighted by Gasteiger charge is 2.24. The third-order valence-corrected chi connectivity index (χ3v) is 6.12. The molecule has 36 heavy (non-hydrogen) atoms. The van der Waals surface area contributed by atoms with Gasteiger partial charge < -0.3 is 20.1 Å². The maximum Gasteiger partial charge on any atom is 0.326 e. The maximum atomic E-state index is 13.3. The first-order valence-corrected chi connectivity index (χ1v) is 12.5. The summed E-state index contributed by atoms with van der Waals surface area (Å²) < 4.78 is 11.4. The predicted octanol–water partition coefficient (Wildman–Crippen LogP) is 6.22. The molecule has 0 atom stereocenters. The molecule has 0 unspecified atom stereocenters. The Balaban J connectivity index is 1.41. The van der Waals surface area contributed by atoms with Crippen molar-refractivity contribution >= 4 is 23.3 Å². The van der Waals surface area contributed by atoms with Gasteiger partial charge in [0, 0.05) is 30.4 Å². The molecule has 0 saturated heterocycles. The molecule has 0 aromatic heterocycles. The average molecular weight is 488 g/mol. The summed E-state index contributed by atoms with van der Waals surface area (Å²) in [6.07, 6.45) is 3.71. The van der Waals surface area contributed by atoms with E-state index in [-0.39, 0.29) is 17.9 Å². The van der Waals surface area contributed by atoms with Crippen LogP contribution in [-0.2, 0) is 4.79 Å². The van der Waals surface area contributed by atoms with E-state index in [1.54, 1.807) is 4.90 Å². The van der Waals surface area contributed by atoms with Crippen molar-refractivity contribution in [3.8, 4) is 17.2 Å². The summed E-state index contributed by atoms with van der Waals surface area (Å²) in [6, 6.07) is 24.0. The minimum atomic E-state index is -0.249. The number of benzene rings is 3. The Hall–Kier alpha value is -4.00. The molecule has 0 aliphatic heterocycles. The van der Waals surface area contributed by atoms with Gasteiger partial charge in [-0.1, -0.05) is 24.6 Å². The number of amides is 3. The number of hydrogen-bond acceptors (Lipinski definition) is 4. The van der Waals surface area contributed by atoms with E-state index in [2.05, 4.69) is 10.6 Å². The standard InChI is InChI=1S/C29H33N3O4/c1-2-35-25-16-12-23(13-17-25)31-29(34)32(21-7-20-30-28(33)22-8-6-9-22)24-14-18-27(19-15-24)36-26-10-4-3-5-11-26/h3-5,10-19,22H,2,6-9,20-21H2,1H3,(H,30,33)(H,31,34). The van der Waals surface area contributed by atoms with Gasteiger partial charge in [0.15, 0.2) is 0 Å². The van der Waals surface area contributed by atoms with Crippen molar-refractivity contribution in [1.29, 1.82) is 0 Å². The van der Waals surface area contributed by atoms with E-state index in [0.29, 0.717) is 37.6 Å². The lowest BCUT2D eigenvalue weighted by molar-refractivity contribution is -0.127. The molecular formula is C29H33N3O4. The lowest BCUT2D eigenvalue weighted by atomic mass is 9.85. The van der Waals surface area contributed by atoms with E-state index in [1.165, 1.54) is 0 Å². The molecule has 188 valence electrons. The summed E-state index contributed by atoms with van der Waals surface area (Å²) in [5.41, 5.74) is 1.42. The molecule has 1 fully saturated rings. The van der Waals surface area contributed by atoms with Gasteiger partial charge >= 0.3 is 6.03 Å². The summed E-state index contributed by atoms with van der Waals surface area (Å²) in [5.74, 6) is 2.46. The average Bonchev–Trinajstić information content (AvgIpc) is 2.86. The second kappa shape index (κ2) is 12.6. The lowest BCUT2D eigenvalue weighted by Crippen LogP contribution is -2.39. The zero-order chi connectivity index (χ0) is 25.2. The summed E-state index contributed by atoms with van der Waals surface area (Å²) in [4.78, 5) is 27.1. The number of anilines is 2. The minimum absolute atomic E-state index is 0.119. The van der Waals surface area contributed by atoms with Gasteiger partial charge in [-0.3, -0.25) is 9.69 Å². The number of rotatable bonds is 11. The Bertz CT molecular complexity index is 1110. The summed E-state index contributed by atoms with van der Waals surface area (Å²) >= 11 is 0. The van der Waals surface area contributed by atoms with Crippen LogP contribution in [0.4, 0.5) is 16.2 Å². The highest BCUT2D eigenvalue weighted by atomic mass is 16.5. The van der Waals surface area contributed by atoms with Gasteiger partial charge in [0.2, 0.25) is 5.91 Å². The number of carbonyl (C=O) groups is 2. The van der Waals surface area contributed by atoms with Crippen LogP contribution >= 0.6 is 0 Å². The van der Waals surface area contributed by atoms with Crippen LogP contribution in [0.2, 0.25) is 0 Å². The summed E-state index contributed by atoms with van der Waals surface area (Å²) in [6.45, 7) is 3.49. The van der Waals surface area contributed by atoms with Crippen LogP contribution in [0.3, 0.4) is 0 Å². The van der Waals surface area contributed by atoms with Crippen LogP contribution in [0.25, 0.3) is 0 Å². The van der Waals surface area contributed by atoms with Crippen molar-refractivity contribution in [2.75, 3.05) is 29.9 Å². The molecular weight excluding hydrogens is 454 g/mol. The SMILES string of the molecule is CCOc1ccc(NC(=O)N(CCCNC(=O)C2CCC2)c2ccc(Oc3ccccc3)cc2)cc1. The fourth-order valence-corrected chi connectivity index (χ4v) is 3.92. The van der Waals surface area contributed by atoms with Crippen LogP contribution in [0.5, 0.6) is 17.2 Å². The van der Waals surface area contributed by atoms with Crippen molar-refractivity contribution in [1.82, 2.24) is 5.32 Å². The van der Waals surface area contributed by atoms with Crippen LogP contribution in [-0.4, -0.2) is 31.6 Å². The molecule has 4 rings (SSSR count). The van der Waals surface area contributed by atoms with Crippen molar-refractivity contribution in [2.24, 2.45) is 5.92 Å². The maximum absolute atomic E-state index is 13.3. The minimum Gasteiger partial charge on any atom is -0.494 e. The third kappa shape index (κ3) is 7.01. The third-order valence-electron chi connectivity index (χ3n) is 6.12. The number of carbonyl (C=O) groups excluding carboxylic acids is 2. The van der Waals surface area contributed by atoms with Crippen molar-refractivity contribution in [2.45, 2.75) is 32.6 Å². The largest absolute Gasteiger partial charge is 0.494 e. The number of nitrogens with one attached hydrogen (secondary N) is 2. The van der Waals surface area contributed by atoms with E-state index in [1.807, 2.05) is 85.8 Å². The highest BCUT2D eigenvalue weighted by Crippen LogP contribution is 2.27. The van der Waals surface area contributed by atoms with Crippen molar-refractivity contribution in [3.05, 3.63) is 78.9 Å². The first-order chi connectivity index (χ1) is 17.6. The second-order valence-electron chi connectivity index (χ2n) is 8.72. The molecule has 7 heteroatoms. The van der Waals surface area contributed by atoms with Gasteiger partial charge in [0.25, 0.3) is 0 Å². The zero-order valence-electron chi connectivity index (χ0n) is 20.6. The Morgan fingerprint density at radius 1 is 0.889 bits per heavy atom. The topological polar surface area (TPSA) is 79.9 Å². The molecule has 7 nitrogen and oxygen atoms in total. The molecule has 0 radical (unpaired) electrons. The first kappa shape index (κ1) is 25.1. The molecule has 3 aromatic carbocycles. The highest BCUT2D eigenvalue weighted by molar-refractivity contribution is 6.01. The lowest BCUT2D eigenvalue weighted by Gasteiger charge is -2.25. The Morgan fingerprint density at radius 3 is 2.19 bits per heavy atom. The number of nitrogens with zero attached hydrogens (tertiary/aromatic N) is 1. The van der Waals surface area contributed by atoms with Crippen LogP contribution < -0.4 is 25.0 Å². The van der Waals surface area contributed by atoms with Gasteiger partial charge in [0.05, 0.1) is 6.61 Å². The Kier molecular flexibility index (Phi) is 8.81. The van der Waals surface area contributed by atoms with Gasteiger partial charge in [-0.2, -0.15) is 0 Å². The van der Waals surface area contributed by atoms with Gasteiger partial charge in [-0.15, -0.1) is 0 Å². The first-order valence-electron chi connectivity index (χ1n) is 12.5. The molecule has 2 N–H and O–H groups in total. The molecule has 3 aromatic rings. The summed E-state index contributed by atoms with van der Waals surface area (Å²) in [7, 11) is 0. The van der Waals surface area contributed by atoms with E-state index in [4.69, 9.17) is 9.47 Å². The Morgan fingerprint density at radius 2 is 1.56 bits per heavy atom. The summed E-state index contributed by atoms with van der Waals surface area (Å²) in [5, 5.41) is 5.97. The molecule has 0 heterocycles. The smallest absolute Gasteiger partial charge is 0.326 e. The van der Waals surface area contributed by atoms with Crippen molar-refractivity contribution in [3.63, 3.8) is 0 Å². The van der Waals surface area contributed by atoms with E-state index >= 15 is 0 Å². The van der Waals surface area contributed by atoms with Crippen LogP contribution in [0.1, 0.15) is 32.6 Å². The molecule has 1 saturated carbocycles. The molecule has 1 aliphatic rings. The molecule has 1 aliphatic carbocycles. The predicted molar refractivity (Wildman–Crippen MR) is 142 cm³/mol. The number of urea groups is 1. The second-order valence-corrected chi connectivity index (χ2v) is 8.72. The monoisotopic (exact) mass is 487 g/mol. The fourth-order valence-electron chi connectivity index (χ4n) is 3.92. The zero-order valence-corrected chi connectivity index (χ0v) is 20.6. The van der Waals surface area contributed by atoms with Crippen molar-refractivity contribution < 1.29 is 19.1 Å². The number of para-hydroxylation sites is 1. The van der Waals surface area contributed by atoms with Crippen LogP contribution in [0.15, 0.2) is 78.9 Å². The molecule has 3 amide bonds. The number of ether oxygens (including phenoxy) is 2. The normalized spacial score (nSPS) is 12.8. The van der Waals surface area contributed by atoms with Gasteiger partial charge in [-0.25, -0.2) is 4.79 Å². The molecule has 0 spiro atoms.